The van der Waals surface area contributed by atoms with Gasteiger partial charge in [-0.25, -0.2) is 14.4 Å². The first kappa shape index (κ1) is 14.2. The molecule has 0 amide bonds. The lowest BCUT2D eigenvalue weighted by Gasteiger charge is -2.06. The summed E-state index contributed by atoms with van der Waals surface area (Å²) in [7, 11) is 0. The predicted molar refractivity (Wildman–Crippen MR) is 90.1 cm³/mol. The van der Waals surface area contributed by atoms with Crippen LogP contribution in [0.3, 0.4) is 0 Å². The number of benzene rings is 1. The second-order valence-corrected chi connectivity index (χ2v) is 7.58. The highest BCUT2D eigenvalue weighted by molar-refractivity contribution is 7.98. The second kappa shape index (κ2) is 5.63. The first-order valence-corrected chi connectivity index (χ1v) is 9.17. The molecule has 5 heteroatoms. The number of hydrogen-bond donors (Lipinski definition) is 0. The summed E-state index contributed by atoms with van der Waals surface area (Å²) in [5.74, 6) is 1.44. The van der Waals surface area contributed by atoms with Crippen LogP contribution in [0.4, 0.5) is 4.39 Å². The molecule has 2 nitrogen and oxygen atoms in total. The molecule has 2 aromatic heterocycles. The van der Waals surface area contributed by atoms with Crippen molar-refractivity contribution in [3.05, 3.63) is 51.9 Å². The standard InChI is InChI=1S/C17H15FN2S2/c1-10-19-16(21-9-11-5-7-12(18)8-6-11)15-13-3-2-4-14(13)22-17(15)20-10/h5-8H,2-4,9H2,1H3. The smallest absolute Gasteiger partial charge is 0.128 e. The van der Waals surface area contributed by atoms with Crippen molar-refractivity contribution in [3.63, 3.8) is 0 Å². The van der Waals surface area contributed by atoms with Crippen molar-refractivity contribution < 1.29 is 4.39 Å². The van der Waals surface area contributed by atoms with Crippen LogP contribution in [0.5, 0.6) is 0 Å². The lowest BCUT2D eigenvalue weighted by Crippen LogP contribution is -1.93. The minimum absolute atomic E-state index is 0.190. The molecule has 0 aliphatic heterocycles. The van der Waals surface area contributed by atoms with Crippen LogP contribution >= 0.6 is 23.1 Å². The quantitative estimate of drug-likeness (QED) is 0.503. The van der Waals surface area contributed by atoms with Gasteiger partial charge in [-0.05, 0) is 49.4 Å². The molecule has 4 rings (SSSR count). The van der Waals surface area contributed by atoms with Crippen molar-refractivity contribution in [2.45, 2.75) is 37.0 Å². The Kier molecular flexibility index (Phi) is 3.62. The summed E-state index contributed by atoms with van der Waals surface area (Å²) in [5.41, 5.74) is 2.57. The normalized spacial score (nSPS) is 13.7. The minimum Gasteiger partial charge on any atom is -0.226 e. The molecule has 0 atom stereocenters. The van der Waals surface area contributed by atoms with Crippen LogP contribution in [0.25, 0.3) is 10.2 Å². The molecule has 1 aromatic carbocycles. The van der Waals surface area contributed by atoms with E-state index >= 15 is 0 Å². The molecule has 0 N–H and O–H groups in total. The Balaban J connectivity index is 1.70. The van der Waals surface area contributed by atoms with Gasteiger partial charge < -0.3 is 0 Å². The van der Waals surface area contributed by atoms with E-state index in [0.717, 1.165) is 33.4 Å². The Morgan fingerprint density at radius 2 is 2.00 bits per heavy atom. The lowest BCUT2D eigenvalue weighted by atomic mass is 10.2. The van der Waals surface area contributed by atoms with E-state index in [1.165, 1.54) is 40.8 Å². The van der Waals surface area contributed by atoms with E-state index in [4.69, 9.17) is 0 Å². The van der Waals surface area contributed by atoms with E-state index < -0.39 is 0 Å². The van der Waals surface area contributed by atoms with Crippen molar-refractivity contribution in [1.82, 2.24) is 9.97 Å². The molecule has 22 heavy (non-hydrogen) atoms. The van der Waals surface area contributed by atoms with E-state index in [0.29, 0.717) is 0 Å². The highest BCUT2D eigenvalue weighted by Gasteiger charge is 2.21. The van der Waals surface area contributed by atoms with E-state index in [1.54, 1.807) is 11.8 Å². The molecule has 1 aliphatic carbocycles. The molecule has 0 bridgehead atoms. The van der Waals surface area contributed by atoms with Crippen LogP contribution in [-0.2, 0) is 18.6 Å². The molecule has 0 unspecified atom stereocenters. The number of nitrogens with zero attached hydrogens (tertiary/aromatic N) is 2. The number of hydrogen-bond acceptors (Lipinski definition) is 4. The van der Waals surface area contributed by atoms with Gasteiger partial charge in [-0.3, -0.25) is 0 Å². The van der Waals surface area contributed by atoms with Gasteiger partial charge in [0.25, 0.3) is 0 Å². The van der Waals surface area contributed by atoms with Gasteiger partial charge in [-0.2, -0.15) is 0 Å². The van der Waals surface area contributed by atoms with Crippen molar-refractivity contribution in [2.75, 3.05) is 0 Å². The number of fused-ring (bicyclic) bond motifs is 3. The third-order valence-corrected chi connectivity index (χ3v) is 6.16. The summed E-state index contributed by atoms with van der Waals surface area (Å²) in [4.78, 5) is 11.9. The highest BCUT2D eigenvalue weighted by Crippen LogP contribution is 2.41. The molecule has 0 radical (unpaired) electrons. The zero-order valence-electron chi connectivity index (χ0n) is 12.2. The molecule has 0 spiro atoms. The number of aryl methyl sites for hydroxylation is 3. The average molecular weight is 330 g/mol. The largest absolute Gasteiger partial charge is 0.226 e. The Hall–Kier alpha value is -1.46. The van der Waals surface area contributed by atoms with Gasteiger partial charge in [-0.1, -0.05) is 12.1 Å². The number of aromatic nitrogens is 2. The molecule has 1 aliphatic rings. The van der Waals surface area contributed by atoms with Gasteiger partial charge in [0.05, 0.1) is 0 Å². The van der Waals surface area contributed by atoms with Gasteiger partial charge >= 0.3 is 0 Å². The fourth-order valence-electron chi connectivity index (χ4n) is 2.90. The summed E-state index contributed by atoms with van der Waals surface area (Å²) in [6, 6.07) is 6.70. The number of thioether (sulfide) groups is 1. The van der Waals surface area contributed by atoms with Gasteiger partial charge in [-0.15, -0.1) is 23.1 Å². The predicted octanol–water partition coefficient (Wildman–Crippen LogP) is 4.92. The van der Waals surface area contributed by atoms with E-state index in [1.807, 2.05) is 30.4 Å². The van der Waals surface area contributed by atoms with E-state index in [-0.39, 0.29) is 5.82 Å². The van der Waals surface area contributed by atoms with Crippen LogP contribution in [-0.4, -0.2) is 9.97 Å². The maximum atomic E-state index is 13.0. The van der Waals surface area contributed by atoms with E-state index in [2.05, 4.69) is 9.97 Å². The summed E-state index contributed by atoms with van der Waals surface area (Å²) < 4.78 is 13.0. The van der Waals surface area contributed by atoms with Crippen molar-refractivity contribution in [3.8, 4) is 0 Å². The molecule has 3 aromatic rings. The molecule has 0 saturated carbocycles. The van der Waals surface area contributed by atoms with Gasteiger partial charge in [0, 0.05) is 16.0 Å². The molecule has 2 heterocycles. The first-order valence-electron chi connectivity index (χ1n) is 7.37. The van der Waals surface area contributed by atoms with Gasteiger partial charge in [0.1, 0.15) is 21.5 Å². The first-order chi connectivity index (χ1) is 10.7. The summed E-state index contributed by atoms with van der Waals surface area (Å²) in [6.45, 7) is 1.95. The van der Waals surface area contributed by atoms with Crippen molar-refractivity contribution >= 4 is 33.3 Å². The SMILES string of the molecule is Cc1nc(SCc2ccc(F)cc2)c2c3c(sc2n1)CCC3. The van der Waals surface area contributed by atoms with Crippen LogP contribution in [0, 0.1) is 12.7 Å². The lowest BCUT2D eigenvalue weighted by molar-refractivity contribution is 0.627. The number of halogens is 1. The molecule has 112 valence electrons. The Bertz CT molecular complexity index is 840. The summed E-state index contributed by atoms with van der Waals surface area (Å²) in [6.07, 6.45) is 3.57. The second-order valence-electron chi connectivity index (χ2n) is 5.53. The molecular weight excluding hydrogens is 315 g/mol. The van der Waals surface area contributed by atoms with E-state index in [9.17, 15) is 4.39 Å². The zero-order valence-corrected chi connectivity index (χ0v) is 13.9. The fraction of sp³-hybridized carbons (Fsp3) is 0.294. The topological polar surface area (TPSA) is 25.8 Å². The van der Waals surface area contributed by atoms with Crippen LogP contribution in [0.2, 0.25) is 0 Å². The minimum atomic E-state index is -0.190. The fourth-order valence-corrected chi connectivity index (χ4v) is 5.33. The van der Waals surface area contributed by atoms with Crippen LogP contribution < -0.4 is 0 Å². The van der Waals surface area contributed by atoms with Crippen LogP contribution in [0.15, 0.2) is 29.3 Å². The maximum absolute atomic E-state index is 13.0. The summed E-state index contributed by atoms with van der Waals surface area (Å²) in [5, 5.41) is 2.33. The van der Waals surface area contributed by atoms with Crippen molar-refractivity contribution in [1.29, 1.82) is 0 Å². The Labute approximate surface area is 136 Å². The monoisotopic (exact) mass is 330 g/mol. The third-order valence-electron chi connectivity index (χ3n) is 3.93. The van der Waals surface area contributed by atoms with Crippen LogP contribution in [0.1, 0.15) is 28.2 Å². The zero-order chi connectivity index (χ0) is 15.1. The molecule has 0 saturated heterocycles. The number of thiophene rings is 1. The summed E-state index contributed by atoms with van der Waals surface area (Å²) >= 11 is 3.55. The maximum Gasteiger partial charge on any atom is 0.128 e. The highest BCUT2D eigenvalue weighted by atomic mass is 32.2. The Morgan fingerprint density at radius 1 is 1.18 bits per heavy atom. The molecular formula is C17H15FN2S2. The van der Waals surface area contributed by atoms with Crippen molar-refractivity contribution in [2.24, 2.45) is 0 Å². The van der Waals surface area contributed by atoms with Gasteiger partial charge in [0.2, 0.25) is 0 Å². The van der Waals surface area contributed by atoms with Gasteiger partial charge in [0.15, 0.2) is 0 Å². The third kappa shape index (κ3) is 2.52. The molecule has 0 fully saturated rings. The average Bonchev–Trinajstić information content (AvgIpc) is 3.06. The Morgan fingerprint density at radius 3 is 2.82 bits per heavy atom. The number of rotatable bonds is 3.